The fourth-order valence-corrected chi connectivity index (χ4v) is 2.05. The molecule has 0 saturated heterocycles. The van der Waals surface area contributed by atoms with Crippen molar-refractivity contribution >= 4 is 6.21 Å². The van der Waals surface area contributed by atoms with E-state index < -0.39 is 5.54 Å². The van der Waals surface area contributed by atoms with E-state index in [-0.39, 0.29) is 0 Å². The first kappa shape index (κ1) is 14.4. The molecule has 0 fully saturated rings. The largest absolute Gasteiger partial charge is 0.623 e. The lowest BCUT2D eigenvalue weighted by Gasteiger charge is -2.18. The SMILES string of the molecule is CC(C)(C)/[N+]([O-])=C/c1c[nH]c(-c2ccc3c(c2)OCCO3)n1. The molecular weight excluding hydrogens is 282 g/mol. The van der Waals surface area contributed by atoms with E-state index in [1.54, 1.807) is 6.20 Å². The number of aromatic amines is 1. The summed E-state index contributed by atoms with van der Waals surface area (Å²) in [7, 11) is 0. The summed E-state index contributed by atoms with van der Waals surface area (Å²) in [6.07, 6.45) is 3.20. The Kier molecular flexibility index (Phi) is 3.52. The highest BCUT2D eigenvalue weighted by atomic mass is 16.6. The predicted molar refractivity (Wildman–Crippen MR) is 83.6 cm³/mol. The summed E-state index contributed by atoms with van der Waals surface area (Å²) < 4.78 is 12.0. The van der Waals surface area contributed by atoms with Crippen molar-refractivity contribution in [3.63, 3.8) is 0 Å². The van der Waals surface area contributed by atoms with Crippen LogP contribution in [0.4, 0.5) is 0 Å². The maximum atomic E-state index is 11.9. The third-order valence-corrected chi connectivity index (χ3v) is 3.32. The van der Waals surface area contributed by atoms with E-state index in [2.05, 4.69) is 9.97 Å². The third kappa shape index (κ3) is 2.90. The molecular formula is C16H19N3O3. The molecule has 1 N–H and O–H groups in total. The van der Waals surface area contributed by atoms with Crippen molar-refractivity contribution in [1.82, 2.24) is 9.97 Å². The van der Waals surface area contributed by atoms with Gasteiger partial charge in [-0.15, -0.1) is 0 Å². The lowest BCUT2D eigenvalue weighted by Crippen LogP contribution is -2.29. The minimum Gasteiger partial charge on any atom is -0.623 e. The van der Waals surface area contributed by atoms with E-state index in [1.165, 1.54) is 6.21 Å². The molecule has 1 aromatic heterocycles. The summed E-state index contributed by atoms with van der Waals surface area (Å²) in [5, 5.41) is 11.9. The van der Waals surface area contributed by atoms with Crippen LogP contribution in [0, 0.1) is 5.21 Å². The number of aromatic nitrogens is 2. The number of nitrogens with one attached hydrogen (secondary N) is 1. The first-order chi connectivity index (χ1) is 10.4. The minimum absolute atomic E-state index is 0.490. The first-order valence-corrected chi connectivity index (χ1v) is 7.20. The second-order valence-corrected chi connectivity index (χ2v) is 6.16. The Labute approximate surface area is 129 Å². The molecule has 0 amide bonds. The third-order valence-electron chi connectivity index (χ3n) is 3.32. The van der Waals surface area contributed by atoms with Crippen molar-refractivity contribution in [2.75, 3.05) is 13.2 Å². The number of nitrogens with zero attached hydrogens (tertiary/aromatic N) is 2. The molecule has 0 saturated carbocycles. The highest BCUT2D eigenvalue weighted by Crippen LogP contribution is 2.33. The number of H-pyrrole nitrogens is 1. The van der Waals surface area contributed by atoms with Crippen LogP contribution in [0.2, 0.25) is 0 Å². The Morgan fingerprint density at radius 1 is 1.23 bits per heavy atom. The second-order valence-electron chi connectivity index (χ2n) is 6.16. The van der Waals surface area contributed by atoms with Crippen LogP contribution in [-0.4, -0.2) is 39.7 Å². The smallest absolute Gasteiger partial charge is 0.202 e. The highest BCUT2D eigenvalue weighted by molar-refractivity contribution is 5.74. The zero-order valence-electron chi connectivity index (χ0n) is 12.9. The number of imidazole rings is 1. The standard InChI is InChI=1S/C16H19N3O3/c1-16(2,3)19(20)10-12-9-17-15(18-12)11-4-5-13-14(8-11)22-7-6-21-13/h4-5,8-10H,6-7H2,1-3H3,(H,17,18)/b19-10-. The molecule has 2 heterocycles. The predicted octanol–water partition coefficient (Wildman–Crippen LogP) is 2.58. The van der Waals surface area contributed by atoms with Crippen LogP contribution in [0.1, 0.15) is 26.5 Å². The van der Waals surface area contributed by atoms with Gasteiger partial charge in [0.05, 0.1) is 0 Å². The average molecular weight is 301 g/mol. The van der Waals surface area contributed by atoms with Gasteiger partial charge in [0.25, 0.3) is 0 Å². The number of fused-ring (bicyclic) bond motifs is 1. The summed E-state index contributed by atoms with van der Waals surface area (Å²) in [5.41, 5.74) is 0.989. The lowest BCUT2D eigenvalue weighted by molar-refractivity contribution is -0.530. The Bertz CT molecular complexity index is 714. The van der Waals surface area contributed by atoms with Gasteiger partial charge in [0.1, 0.15) is 24.7 Å². The molecule has 0 bridgehead atoms. The molecule has 0 radical (unpaired) electrons. The molecule has 1 aliphatic heterocycles. The molecule has 3 rings (SSSR count). The van der Waals surface area contributed by atoms with Crippen molar-refractivity contribution < 1.29 is 14.2 Å². The molecule has 22 heavy (non-hydrogen) atoms. The Morgan fingerprint density at radius 2 is 1.95 bits per heavy atom. The Morgan fingerprint density at radius 3 is 2.68 bits per heavy atom. The van der Waals surface area contributed by atoms with E-state index in [9.17, 15) is 5.21 Å². The van der Waals surface area contributed by atoms with Gasteiger partial charge in [0.2, 0.25) is 6.21 Å². The molecule has 1 aliphatic rings. The van der Waals surface area contributed by atoms with Crippen molar-refractivity contribution in [3.05, 3.63) is 35.3 Å². The summed E-state index contributed by atoms with van der Waals surface area (Å²) in [6, 6.07) is 5.66. The number of benzene rings is 1. The van der Waals surface area contributed by atoms with Gasteiger partial charge in [-0.1, -0.05) is 0 Å². The number of hydrogen-bond acceptors (Lipinski definition) is 4. The van der Waals surface area contributed by atoms with Crippen LogP contribution in [0.5, 0.6) is 11.5 Å². The molecule has 0 aliphatic carbocycles. The van der Waals surface area contributed by atoms with Crippen LogP contribution in [0.3, 0.4) is 0 Å². The monoisotopic (exact) mass is 301 g/mol. The van der Waals surface area contributed by atoms with E-state index in [4.69, 9.17) is 9.47 Å². The van der Waals surface area contributed by atoms with Gasteiger partial charge >= 0.3 is 0 Å². The van der Waals surface area contributed by atoms with E-state index in [0.29, 0.717) is 30.5 Å². The Balaban J connectivity index is 1.88. The highest BCUT2D eigenvalue weighted by Gasteiger charge is 2.19. The topological polar surface area (TPSA) is 73.2 Å². The average Bonchev–Trinajstić information content (AvgIpc) is 2.94. The van der Waals surface area contributed by atoms with Crippen molar-refractivity contribution in [3.8, 4) is 22.9 Å². The fraction of sp³-hybridized carbons (Fsp3) is 0.375. The van der Waals surface area contributed by atoms with Crippen LogP contribution in [0.25, 0.3) is 11.4 Å². The van der Waals surface area contributed by atoms with Crippen LogP contribution in [-0.2, 0) is 0 Å². The van der Waals surface area contributed by atoms with Crippen molar-refractivity contribution in [1.29, 1.82) is 0 Å². The van der Waals surface area contributed by atoms with Gasteiger partial charge in [0.15, 0.2) is 17.0 Å². The second kappa shape index (κ2) is 5.36. The van der Waals surface area contributed by atoms with Gasteiger partial charge < -0.3 is 19.7 Å². The van der Waals surface area contributed by atoms with Gasteiger partial charge in [-0.25, -0.2) is 9.72 Å². The minimum atomic E-state index is -0.490. The molecule has 1 aromatic carbocycles. The lowest BCUT2D eigenvalue weighted by atomic mass is 10.1. The molecule has 6 heteroatoms. The van der Waals surface area contributed by atoms with E-state index in [1.807, 2.05) is 39.0 Å². The number of rotatable bonds is 2. The summed E-state index contributed by atoms with van der Waals surface area (Å²) in [5.74, 6) is 2.14. The summed E-state index contributed by atoms with van der Waals surface area (Å²) >= 11 is 0. The zero-order chi connectivity index (χ0) is 15.7. The van der Waals surface area contributed by atoms with E-state index in [0.717, 1.165) is 16.1 Å². The number of hydrogen-bond donors (Lipinski definition) is 1. The molecule has 0 spiro atoms. The zero-order valence-corrected chi connectivity index (χ0v) is 12.9. The maximum absolute atomic E-state index is 11.9. The molecule has 6 nitrogen and oxygen atoms in total. The van der Waals surface area contributed by atoms with Crippen molar-refractivity contribution in [2.45, 2.75) is 26.3 Å². The van der Waals surface area contributed by atoms with E-state index >= 15 is 0 Å². The first-order valence-electron chi connectivity index (χ1n) is 7.20. The number of hydroxylamine groups is 1. The van der Waals surface area contributed by atoms with Crippen LogP contribution < -0.4 is 9.47 Å². The Hall–Kier alpha value is -2.50. The molecule has 0 unspecified atom stereocenters. The maximum Gasteiger partial charge on any atom is 0.202 e. The molecule has 2 aromatic rings. The fourth-order valence-electron chi connectivity index (χ4n) is 2.05. The normalized spacial score (nSPS) is 15.0. The van der Waals surface area contributed by atoms with Gasteiger partial charge in [-0.05, 0) is 18.2 Å². The quantitative estimate of drug-likeness (QED) is 0.400. The van der Waals surface area contributed by atoms with Crippen LogP contribution in [0.15, 0.2) is 24.4 Å². The van der Waals surface area contributed by atoms with Crippen LogP contribution >= 0.6 is 0 Å². The summed E-state index contributed by atoms with van der Waals surface area (Å²) in [4.78, 5) is 7.52. The molecule has 116 valence electrons. The number of ether oxygens (including phenoxy) is 2. The van der Waals surface area contributed by atoms with Gasteiger partial charge in [-0.2, -0.15) is 0 Å². The van der Waals surface area contributed by atoms with Gasteiger partial charge in [0, 0.05) is 32.5 Å². The molecule has 0 atom stereocenters. The van der Waals surface area contributed by atoms with Gasteiger partial charge in [-0.3, -0.25) is 0 Å². The summed E-state index contributed by atoms with van der Waals surface area (Å²) in [6.45, 7) is 6.67. The van der Waals surface area contributed by atoms with Crippen molar-refractivity contribution in [2.24, 2.45) is 0 Å².